The number of carbonyl (C=O) groups excluding carboxylic acids is 2. The summed E-state index contributed by atoms with van der Waals surface area (Å²) < 4.78 is 46.4. The standard InChI is InChI=1S/C18H15BrClF3N4O3.C5H12O/c19-12-7-13(20)14(8-15(12)30-18(21,22)23)25-17(29)11-1-2-16(24-9-11)27-5-3-26(10-28)4-6-27;1-5(2,3)6-4/h1-2,7-10H,3-6H2,(H,25,29);1-4H3. The molecule has 0 unspecified atom stereocenters. The quantitative estimate of drug-likeness (QED) is 0.469. The molecule has 0 radical (unpaired) electrons. The van der Waals surface area contributed by atoms with Crippen LogP contribution >= 0.6 is 27.5 Å². The number of hydrogen-bond acceptors (Lipinski definition) is 6. The number of rotatable bonds is 5. The van der Waals surface area contributed by atoms with Gasteiger partial charge in [0.1, 0.15) is 11.6 Å². The molecule has 1 N–H and O–H groups in total. The maximum absolute atomic E-state index is 12.5. The van der Waals surface area contributed by atoms with Crippen LogP contribution in [0.25, 0.3) is 0 Å². The second-order valence-corrected chi connectivity index (χ2v) is 9.88. The van der Waals surface area contributed by atoms with Crippen LogP contribution in [0.2, 0.25) is 5.02 Å². The monoisotopic (exact) mass is 594 g/mol. The van der Waals surface area contributed by atoms with Crippen molar-refractivity contribution in [3.8, 4) is 5.75 Å². The summed E-state index contributed by atoms with van der Waals surface area (Å²) in [6, 6.07) is 5.38. The minimum absolute atomic E-state index is 0.0106. The number of ether oxygens (including phenoxy) is 2. The molecule has 1 saturated heterocycles. The number of nitrogens with one attached hydrogen (secondary N) is 1. The molecule has 36 heavy (non-hydrogen) atoms. The summed E-state index contributed by atoms with van der Waals surface area (Å²) in [4.78, 5) is 31.2. The Kier molecular flexibility index (Phi) is 10.4. The molecule has 198 valence electrons. The summed E-state index contributed by atoms with van der Waals surface area (Å²) in [5.41, 5.74) is 0.195. The average molecular weight is 596 g/mol. The highest BCUT2D eigenvalue weighted by Crippen LogP contribution is 2.37. The highest BCUT2D eigenvalue weighted by Gasteiger charge is 2.32. The Hall–Kier alpha value is -2.57. The predicted molar refractivity (Wildman–Crippen MR) is 135 cm³/mol. The van der Waals surface area contributed by atoms with Gasteiger partial charge >= 0.3 is 6.36 Å². The van der Waals surface area contributed by atoms with Crippen molar-refractivity contribution >= 4 is 51.4 Å². The summed E-state index contributed by atoms with van der Waals surface area (Å²) in [6.07, 6.45) is -2.73. The van der Waals surface area contributed by atoms with E-state index >= 15 is 0 Å². The number of piperazine rings is 1. The molecule has 1 aliphatic heterocycles. The molecule has 13 heteroatoms. The van der Waals surface area contributed by atoms with Crippen molar-refractivity contribution in [2.45, 2.75) is 32.7 Å². The third-order valence-electron chi connectivity index (χ3n) is 4.91. The Morgan fingerprint density at radius 2 is 1.78 bits per heavy atom. The lowest BCUT2D eigenvalue weighted by Crippen LogP contribution is -2.46. The highest BCUT2D eigenvalue weighted by molar-refractivity contribution is 9.10. The molecule has 1 aliphatic rings. The van der Waals surface area contributed by atoms with Gasteiger partial charge in [0.25, 0.3) is 5.91 Å². The molecule has 0 spiro atoms. The first-order chi connectivity index (χ1) is 16.7. The van der Waals surface area contributed by atoms with Gasteiger partial charge in [-0.2, -0.15) is 0 Å². The number of aromatic nitrogens is 1. The van der Waals surface area contributed by atoms with Gasteiger partial charge in [-0.3, -0.25) is 9.59 Å². The zero-order chi connectivity index (χ0) is 27.1. The predicted octanol–water partition coefficient (Wildman–Crippen LogP) is 5.36. The molecule has 1 aromatic heterocycles. The highest BCUT2D eigenvalue weighted by atomic mass is 79.9. The van der Waals surface area contributed by atoms with E-state index in [4.69, 9.17) is 16.3 Å². The van der Waals surface area contributed by atoms with Crippen molar-refractivity contribution in [3.05, 3.63) is 45.5 Å². The molecular weight excluding hydrogens is 569 g/mol. The van der Waals surface area contributed by atoms with Crippen molar-refractivity contribution in [1.82, 2.24) is 9.88 Å². The summed E-state index contributed by atoms with van der Waals surface area (Å²) in [5.74, 6) is -0.480. The average Bonchev–Trinajstić information content (AvgIpc) is 2.81. The SMILES string of the molecule is COC(C)(C)C.O=CN1CCN(c2ccc(C(=O)Nc3cc(OC(F)(F)F)c(Br)cc3Cl)cn2)CC1. The number of alkyl halides is 3. The molecule has 0 aliphatic carbocycles. The minimum atomic E-state index is -4.89. The molecule has 2 amide bonds. The number of hydrogen-bond donors (Lipinski definition) is 1. The molecule has 2 heterocycles. The van der Waals surface area contributed by atoms with E-state index in [0.29, 0.717) is 32.0 Å². The summed E-state index contributed by atoms with van der Waals surface area (Å²) in [6.45, 7) is 8.46. The van der Waals surface area contributed by atoms with E-state index in [9.17, 15) is 22.8 Å². The lowest BCUT2D eigenvalue weighted by atomic mass is 10.2. The van der Waals surface area contributed by atoms with E-state index in [1.807, 2.05) is 25.7 Å². The van der Waals surface area contributed by atoms with Gasteiger partial charge in [-0.05, 0) is 54.9 Å². The molecular formula is C23H27BrClF3N4O4. The second kappa shape index (κ2) is 12.6. The summed E-state index contributed by atoms with van der Waals surface area (Å²) >= 11 is 8.96. The van der Waals surface area contributed by atoms with Crippen molar-refractivity contribution in [3.63, 3.8) is 0 Å². The van der Waals surface area contributed by atoms with E-state index in [1.165, 1.54) is 12.3 Å². The third kappa shape index (κ3) is 9.47. The molecule has 0 saturated carbocycles. The Morgan fingerprint density at radius 1 is 1.17 bits per heavy atom. The van der Waals surface area contributed by atoms with Gasteiger partial charge in [0.05, 0.1) is 26.3 Å². The van der Waals surface area contributed by atoms with Gasteiger partial charge in [-0.15, -0.1) is 13.2 Å². The maximum Gasteiger partial charge on any atom is 0.573 e. The number of halogens is 5. The molecule has 2 aromatic rings. The number of anilines is 2. The van der Waals surface area contributed by atoms with Crippen LogP contribution in [0.15, 0.2) is 34.9 Å². The largest absolute Gasteiger partial charge is 0.573 e. The summed E-state index contributed by atoms with van der Waals surface area (Å²) in [5, 5.41) is 2.48. The first-order valence-electron chi connectivity index (χ1n) is 10.7. The van der Waals surface area contributed by atoms with Gasteiger partial charge in [0.2, 0.25) is 6.41 Å². The Morgan fingerprint density at radius 3 is 2.25 bits per heavy atom. The van der Waals surface area contributed by atoms with Gasteiger partial charge in [0, 0.05) is 45.6 Å². The first kappa shape index (κ1) is 29.7. The van der Waals surface area contributed by atoms with Crippen molar-refractivity contribution < 1.29 is 32.2 Å². The van der Waals surface area contributed by atoms with Crippen molar-refractivity contribution in [1.29, 1.82) is 0 Å². The first-order valence-corrected chi connectivity index (χ1v) is 11.9. The Labute approximate surface area is 220 Å². The van der Waals surface area contributed by atoms with E-state index in [-0.39, 0.29) is 26.3 Å². The molecule has 1 fully saturated rings. The lowest BCUT2D eigenvalue weighted by Gasteiger charge is -2.33. The Bertz CT molecular complexity index is 1040. The smallest absolute Gasteiger partial charge is 0.405 e. The van der Waals surface area contributed by atoms with E-state index in [0.717, 1.165) is 12.5 Å². The fourth-order valence-electron chi connectivity index (χ4n) is 2.79. The second-order valence-electron chi connectivity index (χ2n) is 8.61. The zero-order valence-electron chi connectivity index (χ0n) is 20.2. The van der Waals surface area contributed by atoms with Crippen LogP contribution in [0.3, 0.4) is 0 Å². The molecule has 1 aromatic carbocycles. The molecule has 8 nitrogen and oxygen atoms in total. The number of benzene rings is 1. The van der Waals surface area contributed by atoms with Crippen LogP contribution in [0, 0.1) is 0 Å². The number of nitrogens with zero attached hydrogens (tertiary/aromatic N) is 3. The van der Waals surface area contributed by atoms with Crippen molar-refractivity contribution in [2.24, 2.45) is 0 Å². The maximum atomic E-state index is 12.5. The number of carbonyl (C=O) groups is 2. The topological polar surface area (TPSA) is 84.0 Å². The van der Waals surface area contributed by atoms with E-state index < -0.39 is 18.0 Å². The number of methoxy groups -OCH3 is 1. The van der Waals surface area contributed by atoms with Crippen LogP contribution in [-0.2, 0) is 9.53 Å². The normalized spacial score (nSPS) is 14.0. The number of pyridine rings is 1. The third-order valence-corrected chi connectivity index (χ3v) is 5.84. The van der Waals surface area contributed by atoms with Gasteiger partial charge in [0.15, 0.2) is 0 Å². The van der Waals surface area contributed by atoms with Crippen LogP contribution in [0.4, 0.5) is 24.7 Å². The van der Waals surface area contributed by atoms with Crippen LogP contribution in [0.1, 0.15) is 31.1 Å². The van der Waals surface area contributed by atoms with Crippen molar-refractivity contribution in [2.75, 3.05) is 43.5 Å². The van der Waals surface area contributed by atoms with Crippen LogP contribution < -0.4 is 15.0 Å². The van der Waals surface area contributed by atoms with Gasteiger partial charge in [-0.1, -0.05) is 11.6 Å². The van der Waals surface area contributed by atoms with E-state index in [1.54, 1.807) is 24.1 Å². The fraction of sp³-hybridized carbons (Fsp3) is 0.435. The molecule has 0 atom stereocenters. The van der Waals surface area contributed by atoms with E-state index in [2.05, 4.69) is 31.0 Å². The molecule has 3 rings (SSSR count). The fourth-order valence-corrected chi connectivity index (χ4v) is 3.55. The molecule has 0 bridgehead atoms. The Balaban J connectivity index is 0.000000678. The van der Waals surface area contributed by atoms with Crippen LogP contribution in [-0.4, -0.2) is 67.5 Å². The minimum Gasteiger partial charge on any atom is -0.405 e. The van der Waals surface area contributed by atoms with Crippen LogP contribution in [0.5, 0.6) is 5.75 Å². The van der Waals surface area contributed by atoms with Gasteiger partial charge < -0.3 is 24.6 Å². The zero-order valence-corrected chi connectivity index (χ0v) is 22.5. The number of amides is 2. The lowest BCUT2D eigenvalue weighted by molar-refractivity contribution is -0.274. The van der Waals surface area contributed by atoms with Gasteiger partial charge in [-0.25, -0.2) is 4.98 Å². The summed E-state index contributed by atoms with van der Waals surface area (Å²) in [7, 11) is 1.71.